The van der Waals surface area contributed by atoms with Gasteiger partial charge in [-0.25, -0.2) is 9.97 Å². The third kappa shape index (κ3) is 4.18. The van der Waals surface area contributed by atoms with Gasteiger partial charge in [0.1, 0.15) is 0 Å². The Kier molecular flexibility index (Phi) is 5.77. The Bertz CT molecular complexity index is 1200. The fourth-order valence-corrected chi connectivity index (χ4v) is 4.73. The summed E-state index contributed by atoms with van der Waals surface area (Å²) >= 11 is 0. The van der Waals surface area contributed by atoms with Crippen LogP contribution >= 0.6 is 0 Å². The van der Waals surface area contributed by atoms with E-state index in [0.29, 0.717) is 45.0 Å². The van der Waals surface area contributed by atoms with Crippen LogP contribution in [0.1, 0.15) is 12.8 Å². The molecule has 1 aliphatic carbocycles. The number of hydrogen-bond acceptors (Lipinski definition) is 6. The molecule has 2 aromatic carbocycles. The molecule has 168 valence electrons. The predicted octanol–water partition coefficient (Wildman–Crippen LogP) is 2.28. The van der Waals surface area contributed by atoms with Crippen molar-refractivity contribution in [3.8, 4) is 11.3 Å². The smallest absolute Gasteiger partial charge is 0.226 e. The number of anilines is 1. The minimum atomic E-state index is -1.14. The number of aromatic nitrogens is 2. The second-order valence-corrected chi connectivity index (χ2v) is 8.54. The van der Waals surface area contributed by atoms with Crippen molar-refractivity contribution >= 4 is 28.7 Å². The maximum absolute atomic E-state index is 13.1. The number of amides is 1. The second-order valence-electron chi connectivity index (χ2n) is 8.54. The van der Waals surface area contributed by atoms with Gasteiger partial charge in [0.25, 0.3) is 0 Å². The molecule has 5 rings (SSSR count). The first kappa shape index (κ1) is 21.1. The van der Waals surface area contributed by atoms with Crippen LogP contribution in [0, 0.1) is 11.8 Å². The summed E-state index contributed by atoms with van der Waals surface area (Å²) in [5, 5.41) is 12.5. The van der Waals surface area contributed by atoms with Crippen LogP contribution in [0.15, 0.2) is 66.7 Å². The quantitative estimate of drug-likeness (QED) is 0.577. The van der Waals surface area contributed by atoms with E-state index in [4.69, 9.17) is 9.97 Å². The molecule has 0 spiro atoms. The van der Waals surface area contributed by atoms with Gasteiger partial charge in [0.2, 0.25) is 11.9 Å². The Labute approximate surface area is 192 Å². The number of hydrogen-bond donors (Lipinski definition) is 0. The highest BCUT2D eigenvalue weighted by Crippen LogP contribution is 2.30. The van der Waals surface area contributed by atoms with E-state index in [1.54, 1.807) is 4.90 Å². The van der Waals surface area contributed by atoms with Crippen molar-refractivity contribution in [2.24, 2.45) is 11.8 Å². The van der Waals surface area contributed by atoms with Gasteiger partial charge in [-0.3, -0.25) is 4.79 Å². The number of aliphatic carboxylic acids is 1. The number of carboxylic acids is 1. The van der Waals surface area contributed by atoms with Crippen LogP contribution in [0.4, 0.5) is 5.95 Å². The van der Waals surface area contributed by atoms with Crippen molar-refractivity contribution in [1.82, 2.24) is 14.9 Å². The molecule has 7 heteroatoms. The van der Waals surface area contributed by atoms with Crippen LogP contribution in [0.5, 0.6) is 0 Å². The lowest BCUT2D eigenvalue weighted by Crippen LogP contribution is -2.53. The van der Waals surface area contributed by atoms with Gasteiger partial charge in [-0.1, -0.05) is 60.7 Å². The molecule has 0 N–H and O–H groups in total. The first-order valence-corrected chi connectivity index (χ1v) is 11.3. The van der Waals surface area contributed by atoms with Gasteiger partial charge in [0.15, 0.2) is 0 Å². The van der Waals surface area contributed by atoms with Gasteiger partial charge < -0.3 is 19.7 Å². The minimum absolute atomic E-state index is 0.0994. The highest BCUT2D eigenvalue weighted by Gasteiger charge is 2.34. The Morgan fingerprint density at radius 3 is 2.21 bits per heavy atom. The largest absolute Gasteiger partial charge is 0.550 e. The van der Waals surface area contributed by atoms with E-state index in [9.17, 15) is 14.7 Å². The SMILES string of the molecule is O=C([O-])[C@H]1CC=CC[C@H]1C(=O)N1CCN(c2nc(-c3ccccc3)c3ccccc3n2)CC1. The number of allylic oxidation sites excluding steroid dienone is 2. The summed E-state index contributed by atoms with van der Waals surface area (Å²) in [6, 6.07) is 18.0. The maximum atomic E-state index is 13.1. The molecule has 7 nitrogen and oxygen atoms in total. The fraction of sp³-hybridized carbons (Fsp3) is 0.308. The normalized spacial score (nSPS) is 20.7. The zero-order valence-electron chi connectivity index (χ0n) is 18.3. The number of para-hydroxylation sites is 1. The van der Waals surface area contributed by atoms with E-state index >= 15 is 0 Å². The Balaban J connectivity index is 1.36. The number of piperazine rings is 1. The summed E-state index contributed by atoms with van der Waals surface area (Å²) in [6.45, 7) is 2.21. The number of rotatable bonds is 4. The molecule has 2 aliphatic rings. The molecular formula is C26H25N4O3-. The van der Waals surface area contributed by atoms with Gasteiger partial charge in [-0.15, -0.1) is 0 Å². The first-order chi connectivity index (χ1) is 16.1. The molecule has 3 aromatic rings. The molecule has 1 aromatic heterocycles. The van der Waals surface area contributed by atoms with Gasteiger partial charge in [-0.2, -0.15) is 0 Å². The van der Waals surface area contributed by atoms with Gasteiger partial charge in [-0.05, 0) is 18.9 Å². The van der Waals surface area contributed by atoms with Crippen LogP contribution in [-0.4, -0.2) is 52.9 Å². The van der Waals surface area contributed by atoms with E-state index in [-0.39, 0.29) is 5.91 Å². The average molecular weight is 442 g/mol. The zero-order valence-corrected chi connectivity index (χ0v) is 18.3. The van der Waals surface area contributed by atoms with Crippen LogP contribution in [0.2, 0.25) is 0 Å². The van der Waals surface area contributed by atoms with Crippen molar-refractivity contribution in [2.75, 3.05) is 31.1 Å². The summed E-state index contributed by atoms with van der Waals surface area (Å²) in [5.41, 5.74) is 2.80. The topological polar surface area (TPSA) is 89.5 Å². The summed E-state index contributed by atoms with van der Waals surface area (Å²) in [5.74, 6) is -1.90. The monoisotopic (exact) mass is 441 g/mol. The van der Waals surface area contributed by atoms with E-state index in [2.05, 4.69) is 4.90 Å². The maximum Gasteiger partial charge on any atom is 0.226 e. The summed E-state index contributed by atoms with van der Waals surface area (Å²) < 4.78 is 0. The van der Waals surface area contributed by atoms with Crippen LogP contribution in [0.3, 0.4) is 0 Å². The third-order valence-electron chi connectivity index (χ3n) is 6.57. The van der Waals surface area contributed by atoms with Crippen molar-refractivity contribution < 1.29 is 14.7 Å². The summed E-state index contributed by atoms with van der Waals surface area (Å²) in [4.78, 5) is 38.2. The lowest BCUT2D eigenvalue weighted by molar-refractivity contribution is -0.313. The van der Waals surface area contributed by atoms with E-state index in [0.717, 1.165) is 22.2 Å². The number of carboxylic acid groups (broad SMARTS) is 1. The molecule has 2 atom stereocenters. The molecule has 2 heterocycles. The van der Waals surface area contributed by atoms with E-state index in [1.807, 2.05) is 66.7 Å². The molecule has 0 bridgehead atoms. The Morgan fingerprint density at radius 1 is 0.818 bits per heavy atom. The minimum Gasteiger partial charge on any atom is -0.550 e. The predicted molar refractivity (Wildman–Crippen MR) is 124 cm³/mol. The lowest BCUT2D eigenvalue weighted by Gasteiger charge is -2.38. The van der Waals surface area contributed by atoms with Gasteiger partial charge in [0.05, 0.1) is 11.2 Å². The van der Waals surface area contributed by atoms with Crippen LogP contribution in [0.25, 0.3) is 22.2 Å². The molecule has 1 aliphatic heterocycles. The average Bonchev–Trinajstić information content (AvgIpc) is 2.88. The number of benzene rings is 2. The van der Waals surface area contributed by atoms with Crippen molar-refractivity contribution in [3.63, 3.8) is 0 Å². The van der Waals surface area contributed by atoms with Crippen molar-refractivity contribution in [3.05, 3.63) is 66.7 Å². The lowest BCUT2D eigenvalue weighted by atomic mass is 9.82. The fourth-order valence-electron chi connectivity index (χ4n) is 4.73. The van der Waals surface area contributed by atoms with Crippen molar-refractivity contribution in [1.29, 1.82) is 0 Å². The Morgan fingerprint density at radius 2 is 1.48 bits per heavy atom. The number of nitrogens with zero attached hydrogens (tertiary/aromatic N) is 4. The molecule has 0 saturated carbocycles. The first-order valence-electron chi connectivity index (χ1n) is 11.3. The van der Waals surface area contributed by atoms with Gasteiger partial charge >= 0.3 is 0 Å². The molecule has 0 radical (unpaired) electrons. The van der Waals surface area contributed by atoms with Crippen LogP contribution < -0.4 is 10.0 Å². The number of carbonyl (C=O) groups excluding carboxylic acids is 2. The highest BCUT2D eigenvalue weighted by molar-refractivity contribution is 5.93. The van der Waals surface area contributed by atoms with Crippen LogP contribution in [-0.2, 0) is 9.59 Å². The molecule has 33 heavy (non-hydrogen) atoms. The standard InChI is InChI=1S/C26H26N4O3/c31-24(19-10-4-5-11-20(19)25(32)33)29-14-16-30(17-15-29)26-27-22-13-7-6-12-21(22)23(28-26)18-8-2-1-3-9-18/h1-9,12-13,19-20H,10-11,14-17H2,(H,32,33)/p-1/t19-,20+/m1/s1. The summed E-state index contributed by atoms with van der Waals surface area (Å²) in [7, 11) is 0. The molecule has 0 unspecified atom stereocenters. The van der Waals surface area contributed by atoms with Crippen molar-refractivity contribution in [2.45, 2.75) is 12.8 Å². The molecule has 1 fully saturated rings. The van der Waals surface area contributed by atoms with E-state index < -0.39 is 17.8 Å². The number of fused-ring (bicyclic) bond motifs is 1. The number of carbonyl (C=O) groups is 2. The van der Waals surface area contributed by atoms with Gasteiger partial charge in [0, 0.05) is 54.9 Å². The zero-order chi connectivity index (χ0) is 22.8. The second kappa shape index (κ2) is 9.02. The highest BCUT2D eigenvalue weighted by atomic mass is 16.4. The molecule has 1 amide bonds. The summed E-state index contributed by atoms with van der Waals surface area (Å²) in [6.07, 6.45) is 4.52. The Hall–Kier alpha value is -3.74. The third-order valence-corrected chi connectivity index (χ3v) is 6.57. The molecule has 1 saturated heterocycles. The van der Waals surface area contributed by atoms with E-state index in [1.165, 1.54) is 0 Å². The molecular weight excluding hydrogens is 416 g/mol.